The van der Waals surface area contributed by atoms with Crippen LogP contribution in [-0.2, 0) is 4.79 Å². The quantitative estimate of drug-likeness (QED) is 0.512. The van der Waals surface area contributed by atoms with Gasteiger partial charge >= 0.3 is 5.97 Å². The van der Waals surface area contributed by atoms with Crippen molar-refractivity contribution in [2.24, 2.45) is 0 Å². The number of hydrogen-bond donors (Lipinski definition) is 3. The van der Waals surface area contributed by atoms with Gasteiger partial charge in [-0.2, -0.15) is 0 Å². The van der Waals surface area contributed by atoms with Crippen LogP contribution in [0.25, 0.3) is 0 Å². The van der Waals surface area contributed by atoms with Crippen LogP contribution in [0.2, 0.25) is 0 Å². The average molecular weight is 314 g/mol. The number of hydrogen-bond acceptors (Lipinski definition) is 5. The number of ketones is 1. The van der Waals surface area contributed by atoms with Crippen LogP contribution in [0.4, 0.5) is 5.69 Å². The molecule has 0 fully saturated rings. The number of benzene rings is 2. The van der Waals surface area contributed by atoms with Crippen molar-refractivity contribution in [1.29, 1.82) is 0 Å². The summed E-state index contributed by atoms with van der Waals surface area (Å²) in [6, 6.07) is 13.8. The molecule has 0 aromatic heterocycles. The summed E-state index contributed by atoms with van der Waals surface area (Å²) in [5.41, 5.74) is 7.74. The van der Waals surface area contributed by atoms with E-state index in [2.05, 4.69) is 10.9 Å². The molecule has 6 heteroatoms. The SMILES string of the molecule is CNNc1ccc(C(=O)c2ccc(OCCC(=O)O)cc2)cc1. The number of rotatable bonds is 8. The Morgan fingerprint density at radius 2 is 1.57 bits per heavy atom. The molecule has 0 amide bonds. The lowest BCUT2D eigenvalue weighted by Gasteiger charge is -2.07. The maximum Gasteiger partial charge on any atom is 0.306 e. The highest BCUT2D eigenvalue weighted by Crippen LogP contribution is 2.17. The second-order valence-electron chi connectivity index (χ2n) is 4.80. The van der Waals surface area contributed by atoms with Crippen molar-refractivity contribution >= 4 is 17.4 Å². The third-order valence-corrected chi connectivity index (χ3v) is 3.12. The molecule has 0 saturated carbocycles. The van der Waals surface area contributed by atoms with Gasteiger partial charge in [-0.25, -0.2) is 5.43 Å². The molecule has 0 spiro atoms. The van der Waals surface area contributed by atoms with Crippen LogP contribution in [0.5, 0.6) is 5.75 Å². The first-order chi connectivity index (χ1) is 11.1. The van der Waals surface area contributed by atoms with Gasteiger partial charge < -0.3 is 15.3 Å². The van der Waals surface area contributed by atoms with Crippen molar-refractivity contribution < 1.29 is 19.4 Å². The number of anilines is 1. The van der Waals surface area contributed by atoms with Gasteiger partial charge in [0, 0.05) is 23.9 Å². The van der Waals surface area contributed by atoms with E-state index in [1.54, 1.807) is 43.4 Å². The lowest BCUT2D eigenvalue weighted by molar-refractivity contribution is -0.137. The van der Waals surface area contributed by atoms with Gasteiger partial charge in [0.2, 0.25) is 0 Å². The second kappa shape index (κ2) is 7.95. The highest BCUT2D eigenvalue weighted by atomic mass is 16.5. The smallest absolute Gasteiger partial charge is 0.306 e. The Balaban J connectivity index is 2.00. The van der Waals surface area contributed by atoms with E-state index in [4.69, 9.17) is 9.84 Å². The molecule has 0 aliphatic heterocycles. The highest BCUT2D eigenvalue weighted by Gasteiger charge is 2.09. The Kier molecular flexibility index (Phi) is 5.71. The standard InChI is InChI=1S/C17H18N2O4/c1-18-19-14-6-2-12(3-7-14)17(22)13-4-8-15(9-5-13)23-11-10-16(20)21/h2-9,18-19H,10-11H2,1H3,(H,20,21). The minimum atomic E-state index is -0.909. The number of nitrogens with one attached hydrogen (secondary N) is 2. The van der Waals surface area contributed by atoms with Gasteiger partial charge in [-0.15, -0.1) is 0 Å². The molecule has 120 valence electrons. The molecular weight excluding hydrogens is 296 g/mol. The van der Waals surface area contributed by atoms with Crippen LogP contribution < -0.4 is 15.6 Å². The Labute approximate surface area is 134 Å². The fourth-order valence-corrected chi connectivity index (χ4v) is 1.97. The number of carbonyl (C=O) groups is 2. The van der Waals surface area contributed by atoms with Gasteiger partial charge in [-0.05, 0) is 48.5 Å². The van der Waals surface area contributed by atoms with Crippen LogP contribution in [0.3, 0.4) is 0 Å². The van der Waals surface area contributed by atoms with Gasteiger partial charge in [-0.1, -0.05) is 0 Å². The molecule has 0 unspecified atom stereocenters. The Hall–Kier alpha value is -2.86. The minimum Gasteiger partial charge on any atom is -0.493 e. The summed E-state index contributed by atoms with van der Waals surface area (Å²) in [6.07, 6.45) is -0.0618. The summed E-state index contributed by atoms with van der Waals surface area (Å²) in [7, 11) is 1.76. The van der Waals surface area contributed by atoms with Crippen LogP contribution in [-0.4, -0.2) is 30.5 Å². The zero-order valence-corrected chi connectivity index (χ0v) is 12.7. The Morgan fingerprint density at radius 1 is 1.00 bits per heavy atom. The lowest BCUT2D eigenvalue weighted by atomic mass is 10.0. The van der Waals surface area contributed by atoms with E-state index in [-0.39, 0.29) is 18.8 Å². The average Bonchev–Trinajstić information content (AvgIpc) is 2.55. The Morgan fingerprint density at radius 3 is 2.09 bits per heavy atom. The molecule has 0 aliphatic rings. The van der Waals surface area contributed by atoms with Crippen LogP contribution in [0.15, 0.2) is 48.5 Å². The van der Waals surface area contributed by atoms with Crippen molar-refractivity contribution in [2.45, 2.75) is 6.42 Å². The van der Waals surface area contributed by atoms with E-state index >= 15 is 0 Å². The van der Waals surface area contributed by atoms with Gasteiger partial charge in [0.05, 0.1) is 13.0 Å². The minimum absolute atomic E-state index is 0.0618. The number of carboxylic acid groups (broad SMARTS) is 1. The number of carboxylic acids is 1. The van der Waals surface area contributed by atoms with Gasteiger partial charge in [0.25, 0.3) is 0 Å². The molecule has 0 saturated heterocycles. The largest absolute Gasteiger partial charge is 0.493 e. The third kappa shape index (κ3) is 4.82. The molecule has 0 aliphatic carbocycles. The van der Waals surface area contributed by atoms with E-state index in [9.17, 15) is 9.59 Å². The Bertz CT molecular complexity index is 666. The van der Waals surface area contributed by atoms with Crippen molar-refractivity contribution in [1.82, 2.24) is 5.43 Å². The summed E-state index contributed by atoms with van der Waals surface area (Å²) in [5.74, 6) is -0.456. The molecule has 2 aromatic rings. The van der Waals surface area contributed by atoms with Crippen molar-refractivity contribution in [3.05, 3.63) is 59.7 Å². The van der Waals surface area contributed by atoms with Crippen LogP contribution >= 0.6 is 0 Å². The van der Waals surface area contributed by atoms with E-state index in [1.165, 1.54) is 0 Å². The predicted molar refractivity (Wildman–Crippen MR) is 86.7 cm³/mol. The number of hydrazine groups is 1. The van der Waals surface area contributed by atoms with Crippen LogP contribution in [0.1, 0.15) is 22.3 Å². The molecule has 3 N–H and O–H groups in total. The molecule has 0 atom stereocenters. The normalized spacial score (nSPS) is 10.1. The summed E-state index contributed by atoms with van der Waals surface area (Å²) < 4.78 is 5.29. The predicted octanol–water partition coefficient (Wildman–Crippen LogP) is 2.32. The molecule has 2 rings (SSSR count). The maximum absolute atomic E-state index is 12.4. The topological polar surface area (TPSA) is 87.7 Å². The van der Waals surface area contributed by atoms with Gasteiger partial charge in [-0.3, -0.25) is 9.59 Å². The molecule has 0 radical (unpaired) electrons. The first-order valence-electron chi connectivity index (χ1n) is 7.12. The zero-order chi connectivity index (χ0) is 16.7. The van der Waals surface area contributed by atoms with Gasteiger partial charge in [0.15, 0.2) is 5.78 Å². The fourth-order valence-electron chi connectivity index (χ4n) is 1.97. The molecular formula is C17H18N2O4. The maximum atomic E-state index is 12.4. The summed E-state index contributed by atoms with van der Waals surface area (Å²) in [5, 5.41) is 8.55. The third-order valence-electron chi connectivity index (χ3n) is 3.12. The molecule has 23 heavy (non-hydrogen) atoms. The first kappa shape index (κ1) is 16.5. The molecule has 0 bridgehead atoms. The second-order valence-corrected chi connectivity index (χ2v) is 4.80. The summed E-state index contributed by atoms with van der Waals surface area (Å²) in [4.78, 5) is 22.8. The van der Waals surface area contributed by atoms with E-state index in [0.29, 0.717) is 16.9 Å². The van der Waals surface area contributed by atoms with E-state index in [1.807, 2.05) is 12.1 Å². The number of ether oxygens (including phenoxy) is 1. The van der Waals surface area contributed by atoms with Crippen molar-refractivity contribution in [2.75, 3.05) is 19.1 Å². The van der Waals surface area contributed by atoms with E-state index in [0.717, 1.165) is 5.69 Å². The fraction of sp³-hybridized carbons (Fsp3) is 0.176. The number of aliphatic carboxylic acids is 1. The molecule has 6 nitrogen and oxygen atoms in total. The molecule has 2 aromatic carbocycles. The summed E-state index contributed by atoms with van der Waals surface area (Å²) in [6.45, 7) is 0.0998. The van der Waals surface area contributed by atoms with Crippen molar-refractivity contribution in [3.63, 3.8) is 0 Å². The molecule has 0 heterocycles. The highest BCUT2D eigenvalue weighted by molar-refractivity contribution is 6.09. The first-order valence-corrected chi connectivity index (χ1v) is 7.12. The monoisotopic (exact) mass is 314 g/mol. The zero-order valence-electron chi connectivity index (χ0n) is 12.7. The van der Waals surface area contributed by atoms with Crippen molar-refractivity contribution in [3.8, 4) is 5.75 Å². The van der Waals surface area contributed by atoms with Gasteiger partial charge in [0.1, 0.15) is 5.75 Å². The van der Waals surface area contributed by atoms with Crippen LogP contribution in [0, 0.1) is 0 Å². The summed E-state index contributed by atoms with van der Waals surface area (Å²) >= 11 is 0. The number of carbonyl (C=O) groups excluding carboxylic acids is 1. The van der Waals surface area contributed by atoms with E-state index < -0.39 is 5.97 Å². The lowest BCUT2D eigenvalue weighted by Crippen LogP contribution is -2.14.